The minimum atomic E-state index is -0.526. The first kappa shape index (κ1) is 18.4. The summed E-state index contributed by atoms with van der Waals surface area (Å²) in [6.45, 7) is 8.51. The Morgan fingerprint density at radius 3 is 2.50 bits per heavy atom. The first-order chi connectivity index (χ1) is 11.2. The maximum absolute atomic E-state index is 12.5. The van der Waals surface area contributed by atoms with Crippen LogP contribution in [0.3, 0.4) is 0 Å². The Balaban J connectivity index is 2.46. The fourth-order valence-electron chi connectivity index (χ4n) is 3.20. The molecule has 1 aromatic rings. The lowest BCUT2D eigenvalue weighted by Gasteiger charge is -2.37. The number of carbonyl (C=O) groups is 1. The molecule has 0 saturated carbocycles. The van der Waals surface area contributed by atoms with Crippen LogP contribution in [0.2, 0.25) is 0 Å². The number of benzene rings is 1. The summed E-state index contributed by atoms with van der Waals surface area (Å²) in [5, 5.41) is 0. The minimum Gasteiger partial charge on any atom is -0.496 e. The van der Waals surface area contributed by atoms with Crippen molar-refractivity contribution in [3.63, 3.8) is 0 Å². The summed E-state index contributed by atoms with van der Waals surface area (Å²) in [5.41, 5.74) is 8.25. The largest absolute Gasteiger partial charge is 0.496 e. The third kappa shape index (κ3) is 3.43. The van der Waals surface area contributed by atoms with Gasteiger partial charge in [-0.05, 0) is 40.2 Å². The van der Waals surface area contributed by atoms with Crippen LogP contribution in [-0.4, -0.2) is 37.4 Å². The van der Waals surface area contributed by atoms with E-state index in [-0.39, 0.29) is 12.1 Å². The number of amides is 1. The van der Waals surface area contributed by atoms with E-state index in [4.69, 9.17) is 19.9 Å². The molecule has 0 aromatic heterocycles. The zero-order valence-corrected chi connectivity index (χ0v) is 15.4. The molecule has 1 aliphatic rings. The normalized spacial score (nSPS) is 17.3. The Morgan fingerprint density at radius 2 is 2.00 bits per heavy atom. The molecule has 0 fully saturated rings. The molecule has 1 aromatic carbocycles. The van der Waals surface area contributed by atoms with E-state index in [9.17, 15) is 4.79 Å². The van der Waals surface area contributed by atoms with Crippen LogP contribution in [0.15, 0.2) is 6.07 Å². The smallest absolute Gasteiger partial charge is 0.410 e. The Hall–Kier alpha value is -1.95. The van der Waals surface area contributed by atoms with Gasteiger partial charge in [-0.2, -0.15) is 0 Å². The van der Waals surface area contributed by atoms with Crippen molar-refractivity contribution in [2.75, 3.05) is 20.8 Å². The van der Waals surface area contributed by atoms with Gasteiger partial charge in [0, 0.05) is 29.8 Å². The van der Waals surface area contributed by atoms with Gasteiger partial charge in [-0.3, -0.25) is 0 Å². The van der Waals surface area contributed by atoms with Crippen LogP contribution in [0.4, 0.5) is 4.79 Å². The van der Waals surface area contributed by atoms with Gasteiger partial charge in [-0.25, -0.2) is 4.79 Å². The summed E-state index contributed by atoms with van der Waals surface area (Å²) >= 11 is 0. The Kier molecular flexibility index (Phi) is 5.28. The van der Waals surface area contributed by atoms with Gasteiger partial charge in [0.2, 0.25) is 0 Å². The molecule has 1 aliphatic heterocycles. The average molecular weight is 336 g/mol. The average Bonchev–Trinajstić information content (AvgIpc) is 2.51. The molecule has 0 spiro atoms. The van der Waals surface area contributed by atoms with Crippen molar-refractivity contribution in [3.8, 4) is 11.5 Å². The lowest BCUT2D eigenvalue weighted by molar-refractivity contribution is 0.0156. The van der Waals surface area contributed by atoms with Crippen molar-refractivity contribution in [2.24, 2.45) is 5.73 Å². The van der Waals surface area contributed by atoms with Gasteiger partial charge in [-0.1, -0.05) is 0 Å². The number of hydrogen-bond donors (Lipinski definition) is 1. The van der Waals surface area contributed by atoms with E-state index >= 15 is 0 Å². The molecule has 0 aliphatic carbocycles. The van der Waals surface area contributed by atoms with Gasteiger partial charge < -0.3 is 24.8 Å². The summed E-state index contributed by atoms with van der Waals surface area (Å²) < 4.78 is 16.7. The molecule has 134 valence electrons. The zero-order valence-electron chi connectivity index (χ0n) is 15.4. The summed E-state index contributed by atoms with van der Waals surface area (Å²) in [4.78, 5) is 14.3. The lowest BCUT2D eigenvalue weighted by Crippen LogP contribution is -2.42. The van der Waals surface area contributed by atoms with Gasteiger partial charge in [0.25, 0.3) is 0 Å². The van der Waals surface area contributed by atoms with Gasteiger partial charge in [-0.15, -0.1) is 0 Å². The zero-order chi connectivity index (χ0) is 18.1. The number of nitrogens with two attached hydrogens (primary N) is 1. The van der Waals surface area contributed by atoms with Crippen molar-refractivity contribution in [3.05, 3.63) is 22.8 Å². The number of methoxy groups -OCH3 is 2. The monoisotopic (exact) mass is 336 g/mol. The topological polar surface area (TPSA) is 74.0 Å². The van der Waals surface area contributed by atoms with Crippen LogP contribution >= 0.6 is 0 Å². The minimum absolute atomic E-state index is 0.167. The molecule has 1 heterocycles. The number of rotatable bonds is 3. The molecule has 0 bridgehead atoms. The number of ether oxygens (including phenoxy) is 3. The molecular weight excluding hydrogens is 308 g/mol. The van der Waals surface area contributed by atoms with Crippen LogP contribution in [-0.2, 0) is 17.7 Å². The Morgan fingerprint density at radius 1 is 1.33 bits per heavy atom. The summed E-state index contributed by atoms with van der Waals surface area (Å²) in [7, 11) is 3.27. The number of hydrogen-bond acceptors (Lipinski definition) is 5. The second kappa shape index (κ2) is 6.89. The van der Waals surface area contributed by atoms with E-state index in [0.29, 0.717) is 19.5 Å². The van der Waals surface area contributed by atoms with Gasteiger partial charge in [0.1, 0.15) is 17.1 Å². The van der Waals surface area contributed by atoms with E-state index in [1.165, 1.54) is 0 Å². The molecule has 6 heteroatoms. The van der Waals surface area contributed by atoms with E-state index < -0.39 is 5.60 Å². The highest BCUT2D eigenvalue weighted by Crippen LogP contribution is 2.43. The van der Waals surface area contributed by atoms with Crippen LogP contribution < -0.4 is 15.2 Å². The SMILES string of the molecule is COc1cc(CN)c(OC)c2c1C(C)N(C(=O)OC(C)(C)C)CC2. The third-order valence-electron chi connectivity index (χ3n) is 4.22. The molecule has 1 amide bonds. The van der Waals surface area contributed by atoms with E-state index in [2.05, 4.69) is 0 Å². The van der Waals surface area contributed by atoms with Crippen molar-refractivity contribution < 1.29 is 19.0 Å². The molecule has 0 saturated heterocycles. The van der Waals surface area contributed by atoms with E-state index in [0.717, 1.165) is 28.2 Å². The van der Waals surface area contributed by atoms with Crippen molar-refractivity contribution in [2.45, 2.75) is 52.3 Å². The molecular formula is C18H28N2O4. The van der Waals surface area contributed by atoms with E-state index in [1.807, 2.05) is 33.8 Å². The highest BCUT2D eigenvalue weighted by Gasteiger charge is 2.35. The first-order valence-corrected chi connectivity index (χ1v) is 8.19. The lowest BCUT2D eigenvalue weighted by atomic mass is 9.89. The fourth-order valence-corrected chi connectivity index (χ4v) is 3.20. The third-order valence-corrected chi connectivity index (χ3v) is 4.22. The Bertz CT molecular complexity index is 622. The van der Waals surface area contributed by atoms with Crippen molar-refractivity contribution in [1.82, 2.24) is 4.90 Å². The molecule has 1 unspecified atom stereocenters. The maximum Gasteiger partial charge on any atom is 0.410 e. The van der Waals surface area contributed by atoms with Crippen molar-refractivity contribution in [1.29, 1.82) is 0 Å². The molecule has 6 nitrogen and oxygen atoms in total. The van der Waals surface area contributed by atoms with Gasteiger partial charge in [0.05, 0.1) is 20.3 Å². The van der Waals surface area contributed by atoms with Gasteiger partial charge in [0.15, 0.2) is 0 Å². The number of fused-ring (bicyclic) bond motifs is 1. The quantitative estimate of drug-likeness (QED) is 0.918. The highest BCUT2D eigenvalue weighted by atomic mass is 16.6. The number of carbonyl (C=O) groups excluding carboxylic acids is 1. The predicted octanol–water partition coefficient (Wildman–Crippen LogP) is 3.02. The molecule has 2 rings (SSSR count). The molecule has 2 N–H and O–H groups in total. The van der Waals surface area contributed by atoms with Gasteiger partial charge >= 0.3 is 6.09 Å². The summed E-state index contributed by atoms with van der Waals surface area (Å²) in [5.74, 6) is 1.52. The fraction of sp³-hybridized carbons (Fsp3) is 0.611. The van der Waals surface area contributed by atoms with Crippen LogP contribution in [0.1, 0.15) is 50.4 Å². The van der Waals surface area contributed by atoms with Crippen LogP contribution in [0.25, 0.3) is 0 Å². The maximum atomic E-state index is 12.5. The second-order valence-electron chi connectivity index (χ2n) is 6.97. The summed E-state index contributed by atoms with van der Waals surface area (Å²) in [6, 6.07) is 1.73. The standard InChI is InChI=1S/C18H28N2O4/c1-11-15-13(7-8-20(11)17(21)24-18(2,3)4)16(23-6)12(10-19)9-14(15)22-5/h9,11H,7-8,10,19H2,1-6H3. The number of nitrogens with zero attached hydrogens (tertiary/aromatic N) is 1. The predicted molar refractivity (Wildman–Crippen MR) is 92.5 cm³/mol. The molecule has 24 heavy (non-hydrogen) atoms. The molecule has 1 atom stereocenters. The first-order valence-electron chi connectivity index (χ1n) is 8.19. The van der Waals surface area contributed by atoms with Crippen LogP contribution in [0.5, 0.6) is 11.5 Å². The highest BCUT2D eigenvalue weighted by molar-refractivity contribution is 5.70. The van der Waals surface area contributed by atoms with E-state index in [1.54, 1.807) is 19.1 Å². The molecule has 0 radical (unpaired) electrons. The summed E-state index contributed by atoms with van der Waals surface area (Å²) in [6.07, 6.45) is 0.358. The van der Waals surface area contributed by atoms with Crippen LogP contribution in [0, 0.1) is 0 Å². The second-order valence-corrected chi connectivity index (χ2v) is 6.97. The van der Waals surface area contributed by atoms with Crippen molar-refractivity contribution >= 4 is 6.09 Å². The Labute approximate surface area is 143 Å².